The number of rotatable bonds is 10. The van der Waals surface area contributed by atoms with Gasteiger partial charge >= 0.3 is 17.9 Å². The first-order valence-corrected chi connectivity index (χ1v) is 11.7. The van der Waals surface area contributed by atoms with Crippen LogP contribution in [0.2, 0.25) is 0 Å². The van der Waals surface area contributed by atoms with Crippen LogP contribution in [0.25, 0.3) is 22.3 Å². The summed E-state index contributed by atoms with van der Waals surface area (Å²) in [4.78, 5) is 36.2. The number of carbonyl (C=O) groups excluding carboxylic acids is 3. The van der Waals surface area contributed by atoms with Crippen LogP contribution in [0.15, 0.2) is 97.1 Å². The molecule has 0 heterocycles. The Balaban J connectivity index is 2.01. The van der Waals surface area contributed by atoms with Gasteiger partial charge in [-0.25, -0.2) is 18.8 Å². The van der Waals surface area contributed by atoms with Gasteiger partial charge in [-0.1, -0.05) is 44.0 Å². The van der Waals surface area contributed by atoms with E-state index in [-0.39, 0.29) is 51.7 Å². The van der Waals surface area contributed by atoms with Gasteiger partial charge in [0.1, 0.15) is 23.1 Å². The number of esters is 3. The van der Waals surface area contributed by atoms with Crippen molar-refractivity contribution in [2.24, 2.45) is 0 Å². The van der Waals surface area contributed by atoms with Crippen LogP contribution in [-0.2, 0) is 19.1 Å². The fourth-order valence-electron chi connectivity index (χ4n) is 3.28. The maximum atomic E-state index is 15.4. The van der Waals surface area contributed by atoms with Gasteiger partial charge in [0.05, 0.1) is 12.2 Å². The van der Waals surface area contributed by atoms with E-state index >= 15 is 4.39 Å². The van der Waals surface area contributed by atoms with E-state index in [0.717, 1.165) is 0 Å². The first-order valence-electron chi connectivity index (χ1n) is 11.7. The molecule has 0 unspecified atom stereocenters. The molecule has 3 rings (SSSR count). The highest BCUT2D eigenvalue weighted by Gasteiger charge is 2.19. The van der Waals surface area contributed by atoms with Crippen molar-refractivity contribution in [1.29, 1.82) is 0 Å². The Bertz CT molecular complexity index is 1450. The molecule has 0 radical (unpaired) electrons. The second-order valence-corrected chi connectivity index (χ2v) is 8.64. The van der Waals surface area contributed by atoms with E-state index in [1.807, 2.05) is 0 Å². The topological polar surface area (TPSA) is 88.1 Å². The molecule has 0 spiro atoms. The van der Waals surface area contributed by atoms with Gasteiger partial charge in [0, 0.05) is 29.4 Å². The van der Waals surface area contributed by atoms with Crippen LogP contribution in [0, 0.1) is 5.82 Å². The molecule has 3 aromatic rings. The number of ether oxygens (including phenoxy) is 4. The van der Waals surface area contributed by atoms with Crippen LogP contribution in [0.3, 0.4) is 0 Å². The van der Waals surface area contributed by atoms with E-state index in [9.17, 15) is 14.4 Å². The quantitative estimate of drug-likeness (QED) is 0.174. The summed E-state index contributed by atoms with van der Waals surface area (Å²) in [5.41, 5.74) is 1.92. The average molecular weight is 531 g/mol. The summed E-state index contributed by atoms with van der Waals surface area (Å²) >= 11 is 0. The molecule has 39 heavy (non-hydrogen) atoms. The Morgan fingerprint density at radius 2 is 1.15 bits per heavy atom. The van der Waals surface area contributed by atoms with E-state index in [2.05, 4.69) is 19.7 Å². The highest BCUT2D eigenvalue weighted by Crippen LogP contribution is 2.38. The van der Waals surface area contributed by atoms with Crippen LogP contribution in [0.4, 0.5) is 4.39 Å². The zero-order valence-electron chi connectivity index (χ0n) is 21.8. The van der Waals surface area contributed by atoms with E-state index in [0.29, 0.717) is 11.1 Å². The molecule has 3 aromatic carbocycles. The van der Waals surface area contributed by atoms with Crippen molar-refractivity contribution in [3.05, 3.63) is 103 Å². The van der Waals surface area contributed by atoms with Crippen molar-refractivity contribution in [1.82, 2.24) is 0 Å². The van der Waals surface area contributed by atoms with Crippen molar-refractivity contribution in [2.45, 2.75) is 13.8 Å². The van der Waals surface area contributed by atoms with Crippen molar-refractivity contribution in [3.63, 3.8) is 0 Å². The monoisotopic (exact) mass is 530 g/mol. The molecule has 0 bridgehead atoms. The summed E-state index contributed by atoms with van der Waals surface area (Å²) in [7, 11) is 1.42. The fraction of sp³-hybridized carbons (Fsp3) is 0.129. The van der Waals surface area contributed by atoms with E-state index in [1.165, 1.54) is 57.4 Å². The largest absolute Gasteiger partial charge is 0.423 e. The highest BCUT2D eigenvalue weighted by atomic mass is 19.1. The maximum absolute atomic E-state index is 15.4. The fourth-order valence-corrected chi connectivity index (χ4v) is 3.28. The number of methoxy groups -OCH3 is 1. The third-order valence-corrected chi connectivity index (χ3v) is 5.33. The lowest BCUT2D eigenvalue weighted by Gasteiger charge is -2.15. The molecule has 0 aliphatic carbocycles. The maximum Gasteiger partial charge on any atom is 0.341 e. The Hall–Kier alpha value is -4.82. The second-order valence-electron chi connectivity index (χ2n) is 8.64. The molecule has 0 aromatic heterocycles. The summed E-state index contributed by atoms with van der Waals surface area (Å²) in [6, 6.07) is 15.1. The standard InChI is InChI=1S/C31H27FO7/c1-18(2)29(33)37-23-11-7-21(8-12-23)25-16-28(39-31(35)20(5)17-36-6)26(15-27(25)32)22-9-13-24(14-10-22)38-30(34)19(3)4/h7-16H,1,3,5,17H2,2,4,6H3. The minimum atomic E-state index is -0.746. The molecule has 0 fully saturated rings. The molecule has 0 aliphatic heterocycles. The minimum Gasteiger partial charge on any atom is -0.423 e. The van der Waals surface area contributed by atoms with Gasteiger partial charge in [-0.3, -0.25) is 0 Å². The molecule has 200 valence electrons. The number of hydrogen-bond donors (Lipinski definition) is 0. The third kappa shape index (κ3) is 7.37. The lowest BCUT2D eigenvalue weighted by molar-refractivity contribution is -0.131. The molecule has 0 saturated heterocycles. The summed E-state index contributed by atoms with van der Waals surface area (Å²) in [6.45, 7) is 13.8. The number of hydrogen-bond acceptors (Lipinski definition) is 7. The predicted molar refractivity (Wildman–Crippen MR) is 145 cm³/mol. The van der Waals surface area contributed by atoms with Gasteiger partial charge in [0.25, 0.3) is 0 Å². The van der Waals surface area contributed by atoms with Gasteiger partial charge in [-0.05, 0) is 61.4 Å². The molecule has 0 saturated carbocycles. The summed E-state index contributed by atoms with van der Waals surface area (Å²) in [6.07, 6.45) is 0. The lowest BCUT2D eigenvalue weighted by Crippen LogP contribution is -2.14. The summed E-state index contributed by atoms with van der Waals surface area (Å²) < 4.78 is 36.4. The Kier molecular flexibility index (Phi) is 9.30. The SMILES string of the molecule is C=C(C)C(=O)Oc1ccc(-c2cc(OC(=O)C(=C)COC)c(-c3ccc(OC(=O)C(=C)C)cc3)cc2F)cc1. The normalized spacial score (nSPS) is 10.4. The van der Waals surface area contributed by atoms with Crippen molar-refractivity contribution in [2.75, 3.05) is 13.7 Å². The predicted octanol–water partition coefficient (Wildman–Crippen LogP) is 6.23. The van der Waals surface area contributed by atoms with E-state index in [1.54, 1.807) is 24.3 Å². The number of carbonyl (C=O) groups is 3. The Labute approximate surface area is 225 Å². The summed E-state index contributed by atoms with van der Waals surface area (Å²) in [5, 5.41) is 0. The Morgan fingerprint density at radius 3 is 1.59 bits per heavy atom. The van der Waals surface area contributed by atoms with Crippen molar-refractivity contribution < 1.29 is 37.7 Å². The van der Waals surface area contributed by atoms with Crippen molar-refractivity contribution in [3.8, 4) is 39.5 Å². The van der Waals surface area contributed by atoms with Crippen LogP contribution < -0.4 is 14.2 Å². The van der Waals surface area contributed by atoms with Gasteiger partial charge in [0.15, 0.2) is 0 Å². The molecule has 0 N–H and O–H groups in total. The number of benzene rings is 3. The van der Waals surface area contributed by atoms with Gasteiger partial charge < -0.3 is 18.9 Å². The molecule has 0 aliphatic rings. The average Bonchev–Trinajstić information content (AvgIpc) is 2.90. The Morgan fingerprint density at radius 1 is 0.692 bits per heavy atom. The van der Waals surface area contributed by atoms with Crippen LogP contribution >= 0.6 is 0 Å². The smallest absolute Gasteiger partial charge is 0.341 e. The third-order valence-electron chi connectivity index (χ3n) is 5.33. The van der Waals surface area contributed by atoms with E-state index in [4.69, 9.17) is 18.9 Å². The molecule has 0 atom stereocenters. The lowest BCUT2D eigenvalue weighted by atomic mass is 9.98. The van der Waals surface area contributed by atoms with Gasteiger partial charge in [-0.2, -0.15) is 0 Å². The number of halogens is 1. The van der Waals surface area contributed by atoms with Gasteiger partial charge in [0.2, 0.25) is 0 Å². The molecule has 7 nitrogen and oxygen atoms in total. The first kappa shape index (κ1) is 28.7. The zero-order valence-corrected chi connectivity index (χ0v) is 21.8. The molecule has 8 heteroatoms. The molecule has 0 amide bonds. The van der Waals surface area contributed by atoms with E-state index < -0.39 is 23.7 Å². The van der Waals surface area contributed by atoms with Gasteiger partial charge in [-0.15, -0.1) is 0 Å². The highest BCUT2D eigenvalue weighted by molar-refractivity contribution is 5.92. The molecular weight excluding hydrogens is 503 g/mol. The van der Waals surface area contributed by atoms with Crippen LogP contribution in [-0.4, -0.2) is 31.6 Å². The van der Waals surface area contributed by atoms with Crippen LogP contribution in [0.5, 0.6) is 17.2 Å². The second kappa shape index (κ2) is 12.6. The van der Waals surface area contributed by atoms with Crippen LogP contribution in [0.1, 0.15) is 13.8 Å². The summed E-state index contributed by atoms with van der Waals surface area (Å²) in [5.74, 6) is -1.90. The first-order chi connectivity index (χ1) is 18.5. The zero-order chi connectivity index (χ0) is 28.7. The van der Waals surface area contributed by atoms with Crippen molar-refractivity contribution >= 4 is 17.9 Å². The minimum absolute atomic E-state index is 0.0463. The molecular formula is C31H27FO7.